The molecule has 1 aromatic carbocycles. The van der Waals surface area contributed by atoms with Gasteiger partial charge in [0.25, 0.3) is 0 Å². The van der Waals surface area contributed by atoms with Gasteiger partial charge >= 0.3 is 0 Å². The Kier molecular flexibility index (Phi) is 5.54. The van der Waals surface area contributed by atoms with Gasteiger partial charge in [-0.15, -0.1) is 21.5 Å². The normalized spacial score (nSPS) is 10.9. The molecule has 0 fully saturated rings. The SMILES string of the molecule is O=C(CSc1nnc(-c2cccs2)n1Cc1ccco1)Nc1ccccc1F. The Labute approximate surface area is 168 Å². The highest BCUT2D eigenvalue weighted by atomic mass is 32.2. The molecule has 1 N–H and O–H groups in total. The minimum atomic E-state index is -0.471. The van der Waals surface area contributed by atoms with Gasteiger partial charge in [0.15, 0.2) is 11.0 Å². The number of hydrogen-bond acceptors (Lipinski definition) is 6. The van der Waals surface area contributed by atoms with Gasteiger partial charge in [0.2, 0.25) is 5.91 Å². The summed E-state index contributed by atoms with van der Waals surface area (Å²) in [5.41, 5.74) is 0.157. The molecule has 0 atom stereocenters. The van der Waals surface area contributed by atoms with Gasteiger partial charge in [0.05, 0.1) is 29.1 Å². The fourth-order valence-electron chi connectivity index (χ4n) is 2.56. The minimum absolute atomic E-state index is 0.0784. The number of thioether (sulfide) groups is 1. The van der Waals surface area contributed by atoms with Gasteiger partial charge in [-0.2, -0.15) is 0 Å². The quantitative estimate of drug-likeness (QED) is 0.450. The van der Waals surface area contributed by atoms with Crippen LogP contribution in [0, 0.1) is 5.82 Å². The van der Waals surface area contributed by atoms with Crippen LogP contribution in [-0.2, 0) is 11.3 Å². The first-order chi connectivity index (χ1) is 13.7. The number of halogens is 1. The molecule has 9 heteroatoms. The molecule has 0 spiro atoms. The summed E-state index contributed by atoms with van der Waals surface area (Å²) in [5, 5.41) is 13.6. The van der Waals surface area contributed by atoms with Gasteiger partial charge < -0.3 is 9.73 Å². The second kappa shape index (κ2) is 8.41. The van der Waals surface area contributed by atoms with Gasteiger partial charge in [-0.05, 0) is 35.7 Å². The lowest BCUT2D eigenvalue weighted by Crippen LogP contribution is -2.15. The second-order valence-electron chi connectivity index (χ2n) is 5.77. The molecule has 142 valence electrons. The van der Waals surface area contributed by atoms with Crippen LogP contribution >= 0.6 is 23.1 Å². The van der Waals surface area contributed by atoms with Crippen molar-refractivity contribution in [3.05, 3.63) is 71.8 Å². The van der Waals surface area contributed by atoms with Crippen molar-refractivity contribution in [2.24, 2.45) is 0 Å². The lowest BCUT2D eigenvalue weighted by molar-refractivity contribution is -0.113. The Bertz CT molecular complexity index is 1060. The average molecular weight is 414 g/mol. The summed E-state index contributed by atoms with van der Waals surface area (Å²) in [6.07, 6.45) is 1.61. The van der Waals surface area contributed by atoms with Gasteiger partial charge in [0.1, 0.15) is 11.6 Å². The molecule has 0 unspecified atom stereocenters. The van der Waals surface area contributed by atoms with Gasteiger partial charge in [-0.3, -0.25) is 9.36 Å². The Hall–Kier alpha value is -2.91. The van der Waals surface area contributed by atoms with Crippen LogP contribution in [0.25, 0.3) is 10.7 Å². The number of hydrogen-bond donors (Lipinski definition) is 1. The van der Waals surface area contributed by atoms with E-state index < -0.39 is 5.82 Å². The summed E-state index contributed by atoms with van der Waals surface area (Å²) in [6, 6.07) is 13.7. The molecule has 0 saturated carbocycles. The number of carbonyl (C=O) groups is 1. The Morgan fingerprint density at radius 1 is 1.18 bits per heavy atom. The maximum absolute atomic E-state index is 13.7. The van der Waals surface area contributed by atoms with E-state index in [1.54, 1.807) is 29.7 Å². The number of furan rings is 1. The van der Waals surface area contributed by atoms with Crippen LogP contribution in [0.5, 0.6) is 0 Å². The Morgan fingerprint density at radius 3 is 2.82 bits per heavy atom. The fourth-order valence-corrected chi connectivity index (χ4v) is 4.02. The van der Waals surface area contributed by atoms with E-state index in [2.05, 4.69) is 15.5 Å². The summed E-state index contributed by atoms with van der Waals surface area (Å²) < 4.78 is 21.0. The summed E-state index contributed by atoms with van der Waals surface area (Å²) in [5.74, 6) is 0.760. The summed E-state index contributed by atoms with van der Waals surface area (Å²) in [7, 11) is 0. The maximum atomic E-state index is 13.7. The van der Waals surface area contributed by atoms with E-state index in [4.69, 9.17) is 4.42 Å². The molecule has 4 aromatic rings. The van der Waals surface area contributed by atoms with E-state index in [1.165, 1.54) is 23.9 Å². The van der Waals surface area contributed by atoms with Crippen molar-refractivity contribution in [2.75, 3.05) is 11.1 Å². The maximum Gasteiger partial charge on any atom is 0.234 e. The number of thiophene rings is 1. The van der Waals surface area contributed by atoms with Gasteiger partial charge in [-0.1, -0.05) is 30.0 Å². The zero-order valence-electron chi connectivity index (χ0n) is 14.5. The van der Waals surface area contributed by atoms with E-state index in [9.17, 15) is 9.18 Å². The van der Waals surface area contributed by atoms with E-state index >= 15 is 0 Å². The minimum Gasteiger partial charge on any atom is -0.467 e. The monoisotopic (exact) mass is 414 g/mol. The average Bonchev–Trinajstić information content (AvgIpc) is 3.44. The number of benzene rings is 1. The van der Waals surface area contributed by atoms with Crippen LogP contribution < -0.4 is 5.32 Å². The molecular weight excluding hydrogens is 399 g/mol. The summed E-state index contributed by atoms with van der Waals surface area (Å²) in [6.45, 7) is 0.449. The van der Waals surface area contributed by atoms with E-state index in [1.807, 2.05) is 34.2 Å². The predicted molar refractivity (Wildman–Crippen MR) is 107 cm³/mol. The number of nitrogens with zero attached hydrogens (tertiary/aromatic N) is 3. The second-order valence-corrected chi connectivity index (χ2v) is 7.66. The molecule has 3 heterocycles. The molecule has 3 aromatic heterocycles. The molecule has 6 nitrogen and oxygen atoms in total. The third kappa shape index (κ3) is 4.15. The number of carbonyl (C=O) groups excluding carboxylic acids is 1. The topological polar surface area (TPSA) is 73.0 Å². The molecule has 28 heavy (non-hydrogen) atoms. The standard InChI is InChI=1S/C19H15FN4O2S2/c20-14-6-1-2-7-15(14)21-17(25)12-28-19-23-22-18(16-8-4-10-27-16)24(19)11-13-5-3-9-26-13/h1-10H,11-12H2,(H,21,25). The number of anilines is 1. The zero-order chi connectivity index (χ0) is 19.3. The lowest BCUT2D eigenvalue weighted by Gasteiger charge is -2.08. The Balaban J connectivity index is 1.51. The van der Waals surface area contributed by atoms with Crippen molar-refractivity contribution in [2.45, 2.75) is 11.7 Å². The van der Waals surface area contributed by atoms with Crippen molar-refractivity contribution in [3.8, 4) is 10.7 Å². The van der Waals surface area contributed by atoms with Crippen LogP contribution in [0.15, 0.2) is 69.7 Å². The first-order valence-corrected chi connectivity index (χ1v) is 10.2. The molecule has 0 radical (unpaired) electrons. The van der Waals surface area contributed by atoms with Crippen molar-refractivity contribution >= 4 is 34.7 Å². The van der Waals surface area contributed by atoms with Crippen LogP contribution in [-0.4, -0.2) is 26.4 Å². The molecule has 0 aliphatic heterocycles. The molecule has 0 bridgehead atoms. The first-order valence-electron chi connectivity index (χ1n) is 8.37. The highest BCUT2D eigenvalue weighted by Crippen LogP contribution is 2.28. The smallest absolute Gasteiger partial charge is 0.234 e. The van der Waals surface area contributed by atoms with Gasteiger partial charge in [0, 0.05) is 0 Å². The van der Waals surface area contributed by atoms with E-state index in [-0.39, 0.29) is 17.3 Å². The molecular formula is C19H15FN4O2S2. The fraction of sp³-hybridized carbons (Fsp3) is 0.105. The van der Waals surface area contributed by atoms with Crippen molar-refractivity contribution in [1.82, 2.24) is 14.8 Å². The third-order valence-electron chi connectivity index (χ3n) is 3.83. The molecule has 0 aliphatic carbocycles. The van der Waals surface area contributed by atoms with Crippen LogP contribution in [0.3, 0.4) is 0 Å². The highest BCUT2D eigenvalue weighted by molar-refractivity contribution is 7.99. The van der Waals surface area contributed by atoms with Crippen molar-refractivity contribution in [3.63, 3.8) is 0 Å². The largest absolute Gasteiger partial charge is 0.467 e. The number of amides is 1. The number of rotatable bonds is 7. The zero-order valence-corrected chi connectivity index (χ0v) is 16.2. The predicted octanol–water partition coefficient (Wildman–Crippen LogP) is 4.52. The van der Waals surface area contributed by atoms with E-state index in [0.717, 1.165) is 10.6 Å². The number of aromatic nitrogens is 3. The lowest BCUT2D eigenvalue weighted by atomic mass is 10.3. The molecule has 4 rings (SSSR count). The molecule has 0 aliphatic rings. The van der Waals surface area contributed by atoms with Crippen molar-refractivity contribution in [1.29, 1.82) is 0 Å². The highest BCUT2D eigenvalue weighted by Gasteiger charge is 2.18. The van der Waals surface area contributed by atoms with Crippen molar-refractivity contribution < 1.29 is 13.6 Å². The first kappa shape index (κ1) is 18.5. The summed E-state index contributed by atoms with van der Waals surface area (Å²) >= 11 is 2.80. The number of nitrogens with one attached hydrogen (secondary N) is 1. The van der Waals surface area contributed by atoms with Crippen LogP contribution in [0.1, 0.15) is 5.76 Å². The number of para-hydroxylation sites is 1. The molecule has 1 amide bonds. The molecule has 0 saturated heterocycles. The van der Waals surface area contributed by atoms with E-state index in [0.29, 0.717) is 17.5 Å². The van der Waals surface area contributed by atoms with Crippen LogP contribution in [0.2, 0.25) is 0 Å². The van der Waals surface area contributed by atoms with Gasteiger partial charge in [-0.25, -0.2) is 4.39 Å². The Morgan fingerprint density at radius 2 is 2.07 bits per heavy atom. The summed E-state index contributed by atoms with van der Waals surface area (Å²) in [4.78, 5) is 13.2. The third-order valence-corrected chi connectivity index (χ3v) is 5.67. The van der Waals surface area contributed by atoms with Crippen LogP contribution in [0.4, 0.5) is 10.1 Å².